The van der Waals surface area contributed by atoms with Crippen LogP contribution in [0.15, 0.2) is 24.3 Å². The summed E-state index contributed by atoms with van der Waals surface area (Å²) in [5.74, 6) is -4.68. The van der Waals surface area contributed by atoms with Crippen molar-refractivity contribution in [2.45, 2.75) is 52.1 Å². The second-order valence-corrected chi connectivity index (χ2v) is 4.64. The van der Waals surface area contributed by atoms with Crippen LogP contribution in [0.25, 0.3) is 0 Å². The first-order chi connectivity index (χ1) is 9.11. The van der Waals surface area contributed by atoms with Gasteiger partial charge >= 0.3 is 17.9 Å². The molecule has 0 fully saturated rings. The molecule has 0 radical (unpaired) electrons. The fourth-order valence-electron chi connectivity index (χ4n) is 1.23. The van der Waals surface area contributed by atoms with E-state index in [2.05, 4.69) is 17.9 Å². The van der Waals surface area contributed by atoms with Gasteiger partial charge in [0.2, 0.25) is 0 Å². The predicted molar refractivity (Wildman–Crippen MR) is 72.3 cm³/mol. The summed E-state index contributed by atoms with van der Waals surface area (Å²) in [5, 5.41) is 19.6. The molecule has 0 aromatic rings. The van der Waals surface area contributed by atoms with E-state index in [4.69, 9.17) is 4.74 Å². The summed E-state index contributed by atoms with van der Waals surface area (Å²) in [7, 11) is 0. The number of carbonyl (C=O) groups is 2. The zero-order chi connectivity index (χ0) is 15.9. The first-order valence-corrected chi connectivity index (χ1v) is 6.31. The van der Waals surface area contributed by atoms with Crippen molar-refractivity contribution in [3.63, 3.8) is 0 Å². The smallest absolute Gasteiger partial charge is 0.363 e. The third-order valence-corrected chi connectivity index (χ3v) is 2.43. The molecule has 0 aliphatic heterocycles. The largest absolute Gasteiger partial charge is 0.449 e. The Hall–Kier alpha value is -1.66. The normalized spacial score (nSPS) is 12.4. The van der Waals surface area contributed by atoms with Crippen LogP contribution in [-0.2, 0) is 19.1 Å². The molecule has 0 saturated heterocycles. The van der Waals surface area contributed by atoms with Gasteiger partial charge in [0.05, 0.1) is 0 Å². The Morgan fingerprint density at radius 3 is 2.05 bits per heavy atom. The van der Waals surface area contributed by atoms with Gasteiger partial charge in [0.1, 0.15) is 0 Å². The highest BCUT2D eigenvalue weighted by molar-refractivity contribution is 5.88. The van der Waals surface area contributed by atoms with E-state index in [0.717, 1.165) is 6.42 Å². The van der Waals surface area contributed by atoms with E-state index < -0.39 is 24.0 Å². The summed E-state index contributed by atoms with van der Waals surface area (Å²) >= 11 is 0. The summed E-state index contributed by atoms with van der Waals surface area (Å²) < 4.78 is 9.42. The van der Waals surface area contributed by atoms with Gasteiger partial charge in [0, 0.05) is 11.1 Å². The highest BCUT2D eigenvalue weighted by Crippen LogP contribution is 2.21. The number of carbonyl (C=O) groups excluding carboxylic acids is 2. The monoisotopic (exact) mass is 286 g/mol. The Labute approximate surface area is 118 Å². The fraction of sp³-hybridized carbons (Fsp3) is 0.571. The standard InChI is InChI=1S/C14H22O6/c1-6-7-8-11(19-12(15)9(2)3)14(17,18)20-13(16)10(4)5/h11,17-18H,2,4,6-8H2,1,3,5H3. The molecular weight excluding hydrogens is 264 g/mol. The van der Waals surface area contributed by atoms with Crippen LogP contribution in [0.5, 0.6) is 0 Å². The van der Waals surface area contributed by atoms with Crippen LogP contribution in [-0.4, -0.2) is 34.2 Å². The van der Waals surface area contributed by atoms with Crippen LogP contribution in [0, 0.1) is 0 Å². The van der Waals surface area contributed by atoms with Crippen molar-refractivity contribution in [3.05, 3.63) is 24.3 Å². The van der Waals surface area contributed by atoms with Gasteiger partial charge in [-0.2, -0.15) is 0 Å². The highest BCUT2D eigenvalue weighted by Gasteiger charge is 2.42. The maximum Gasteiger partial charge on any atom is 0.363 e. The summed E-state index contributed by atoms with van der Waals surface area (Å²) in [5.41, 5.74) is 0.103. The van der Waals surface area contributed by atoms with Crippen LogP contribution >= 0.6 is 0 Å². The number of hydrogen-bond donors (Lipinski definition) is 2. The molecule has 0 aliphatic carbocycles. The minimum absolute atomic E-state index is 0.00190. The summed E-state index contributed by atoms with van der Waals surface area (Å²) in [6.07, 6.45) is 0.0363. The van der Waals surface area contributed by atoms with Gasteiger partial charge < -0.3 is 19.7 Å². The molecule has 0 rings (SSSR count). The Balaban J connectivity index is 4.97. The van der Waals surface area contributed by atoms with Crippen LogP contribution < -0.4 is 0 Å². The van der Waals surface area contributed by atoms with Crippen molar-refractivity contribution < 1.29 is 29.3 Å². The molecule has 0 spiro atoms. The molecule has 0 amide bonds. The summed E-state index contributed by atoms with van der Waals surface area (Å²) in [6, 6.07) is 0. The van der Waals surface area contributed by atoms with Gasteiger partial charge in [-0.1, -0.05) is 26.5 Å². The highest BCUT2D eigenvalue weighted by atomic mass is 16.8. The average Bonchev–Trinajstić information content (AvgIpc) is 2.32. The van der Waals surface area contributed by atoms with Crippen LogP contribution in [0.2, 0.25) is 0 Å². The zero-order valence-electron chi connectivity index (χ0n) is 12.1. The lowest BCUT2D eigenvalue weighted by atomic mass is 10.1. The first-order valence-electron chi connectivity index (χ1n) is 6.31. The minimum atomic E-state index is -2.91. The molecule has 1 unspecified atom stereocenters. The van der Waals surface area contributed by atoms with Gasteiger partial charge in [0.25, 0.3) is 0 Å². The van der Waals surface area contributed by atoms with Crippen molar-refractivity contribution in [2.24, 2.45) is 0 Å². The lowest BCUT2D eigenvalue weighted by Gasteiger charge is -2.29. The average molecular weight is 286 g/mol. The van der Waals surface area contributed by atoms with Gasteiger partial charge in [-0.05, 0) is 26.7 Å². The third-order valence-electron chi connectivity index (χ3n) is 2.43. The van der Waals surface area contributed by atoms with Crippen molar-refractivity contribution >= 4 is 11.9 Å². The molecule has 0 saturated carbocycles. The van der Waals surface area contributed by atoms with Crippen LogP contribution in [0.4, 0.5) is 0 Å². The zero-order valence-corrected chi connectivity index (χ0v) is 12.1. The molecule has 0 aliphatic rings. The molecule has 6 heteroatoms. The maximum atomic E-state index is 11.5. The van der Waals surface area contributed by atoms with Gasteiger partial charge in [-0.25, -0.2) is 9.59 Å². The molecule has 20 heavy (non-hydrogen) atoms. The van der Waals surface area contributed by atoms with Crippen LogP contribution in [0.1, 0.15) is 40.0 Å². The molecule has 0 heterocycles. The lowest BCUT2D eigenvalue weighted by Crippen LogP contribution is -2.48. The maximum absolute atomic E-state index is 11.5. The second kappa shape index (κ2) is 7.81. The Bertz CT molecular complexity index is 396. The van der Waals surface area contributed by atoms with Crippen molar-refractivity contribution in [1.82, 2.24) is 0 Å². The Kier molecular flexibility index (Phi) is 7.17. The minimum Gasteiger partial charge on any atom is -0.449 e. The number of unbranched alkanes of at least 4 members (excludes halogenated alkanes) is 1. The van der Waals surface area contributed by atoms with E-state index in [9.17, 15) is 19.8 Å². The molecule has 1 atom stereocenters. The van der Waals surface area contributed by atoms with E-state index in [1.165, 1.54) is 13.8 Å². The number of rotatable bonds is 8. The van der Waals surface area contributed by atoms with Gasteiger partial charge in [-0.15, -0.1) is 0 Å². The molecule has 0 aromatic carbocycles. The summed E-state index contributed by atoms with van der Waals surface area (Å²) in [4.78, 5) is 22.8. The second-order valence-electron chi connectivity index (χ2n) is 4.64. The first kappa shape index (κ1) is 18.3. The molecule has 6 nitrogen and oxygen atoms in total. The van der Waals surface area contributed by atoms with E-state index >= 15 is 0 Å². The van der Waals surface area contributed by atoms with Crippen molar-refractivity contribution in [1.29, 1.82) is 0 Å². The topological polar surface area (TPSA) is 93.1 Å². The van der Waals surface area contributed by atoms with E-state index in [1.54, 1.807) is 0 Å². The molecular formula is C14H22O6. The Morgan fingerprint density at radius 2 is 1.65 bits per heavy atom. The Morgan fingerprint density at radius 1 is 1.15 bits per heavy atom. The fourth-order valence-corrected chi connectivity index (χ4v) is 1.23. The van der Waals surface area contributed by atoms with Gasteiger partial charge in [0.15, 0.2) is 6.10 Å². The lowest BCUT2D eigenvalue weighted by molar-refractivity contribution is -0.358. The van der Waals surface area contributed by atoms with Gasteiger partial charge in [-0.3, -0.25) is 0 Å². The van der Waals surface area contributed by atoms with E-state index in [1.807, 2.05) is 6.92 Å². The van der Waals surface area contributed by atoms with Crippen molar-refractivity contribution in [2.75, 3.05) is 0 Å². The predicted octanol–water partition coefficient (Wildman–Crippen LogP) is 1.42. The number of aliphatic hydroxyl groups is 2. The SMILES string of the molecule is C=C(C)C(=O)OC(CCCC)C(O)(O)OC(=O)C(=C)C. The number of hydrogen-bond acceptors (Lipinski definition) is 6. The van der Waals surface area contributed by atoms with E-state index in [0.29, 0.717) is 6.42 Å². The van der Waals surface area contributed by atoms with Crippen molar-refractivity contribution in [3.8, 4) is 0 Å². The third kappa shape index (κ3) is 5.99. The van der Waals surface area contributed by atoms with E-state index in [-0.39, 0.29) is 17.6 Å². The number of ether oxygens (including phenoxy) is 2. The molecule has 0 bridgehead atoms. The molecule has 0 aromatic heterocycles. The van der Waals surface area contributed by atoms with Crippen LogP contribution in [0.3, 0.4) is 0 Å². The quantitative estimate of drug-likeness (QED) is 0.398. The molecule has 114 valence electrons. The molecule has 2 N–H and O–H groups in total. The summed E-state index contributed by atoms with van der Waals surface area (Å²) in [6.45, 7) is 11.4. The number of esters is 2.